The Labute approximate surface area is 161 Å². The summed E-state index contributed by atoms with van der Waals surface area (Å²) in [6.07, 6.45) is 1.74. The molecule has 0 atom stereocenters. The van der Waals surface area contributed by atoms with E-state index < -0.39 is 0 Å². The molecule has 1 aromatic carbocycles. The molecule has 1 saturated heterocycles. The highest BCUT2D eigenvalue weighted by Crippen LogP contribution is 2.30. The quantitative estimate of drug-likeness (QED) is 0.827. The highest BCUT2D eigenvalue weighted by Gasteiger charge is 2.26. The zero-order valence-electron chi connectivity index (χ0n) is 16.9. The van der Waals surface area contributed by atoms with Crippen LogP contribution in [0.15, 0.2) is 18.2 Å². The van der Waals surface area contributed by atoms with E-state index in [1.165, 1.54) is 7.11 Å². The zero-order valence-corrected chi connectivity index (χ0v) is 16.9. The molecule has 2 rings (SSSR count). The van der Waals surface area contributed by atoms with Gasteiger partial charge >= 0.3 is 6.03 Å². The second-order valence-corrected chi connectivity index (χ2v) is 7.86. The lowest BCUT2D eigenvalue weighted by molar-refractivity contribution is 0.0933. The topological polar surface area (TPSA) is 79.9 Å². The van der Waals surface area contributed by atoms with E-state index in [2.05, 4.69) is 10.6 Å². The molecule has 1 aliphatic rings. The summed E-state index contributed by atoms with van der Waals surface area (Å²) in [7, 11) is 3.07. The number of methoxy groups -OCH3 is 2. The Morgan fingerprint density at radius 3 is 2.37 bits per heavy atom. The molecule has 3 amide bonds. The second-order valence-electron chi connectivity index (χ2n) is 7.86. The number of nitrogens with zero attached hydrogens (tertiary/aromatic N) is 1. The number of ether oxygens (including phenoxy) is 2. The Morgan fingerprint density at radius 2 is 1.81 bits per heavy atom. The van der Waals surface area contributed by atoms with Crippen LogP contribution in [0.5, 0.6) is 11.5 Å². The molecule has 1 aromatic rings. The largest absolute Gasteiger partial charge is 0.493 e. The predicted molar refractivity (Wildman–Crippen MR) is 104 cm³/mol. The third-order valence-corrected chi connectivity index (χ3v) is 4.58. The molecule has 27 heavy (non-hydrogen) atoms. The van der Waals surface area contributed by atoms with Crippen LogP contribution in [0.4, 0.5) is 4.79 Å². The first-order valence-electron chi connectivity index (χ1n) is 9.31. The first kappa shape index (κ1) is 20.9. The molecule has 7 nitrogen and oxygen atoms in total. The number of hydrogen-bond donors (Lipinski definition) is 2. The lowest BCUT2D eigenvalue weighted by Gasteiger charge is -2.34. The first-order chi connectivity index (χ1) is 12.7. The Bertz CT molecular complexity index is 662. The van der Waals surface area contributed by atoms with Crippen molar-refractivity contribution in [2.24, 2.45) is 5.92 Å². The molecule has 1 heterocycles. The lowest BCUT2D eigenvalue weighted by atomic mass is 9.96. The Morgan fingerprint density at radius 1 is 1.15 bits per heavy atom. The molecule has 150 valence electrons. The number of benzene rings is 1. The summed E-state index contributed by atoms with van der Waals surface area (Å²) < 4.78 is 10.6. The highest BCUT2D eigenvalue weighted by atomic mass is 16.5. The monoisotopic (exact) mass is 377 g/mol. The zero-order chi connectivity index (χ0) is 20.0. The van der Waals surface area contributed by atoms with E-state index in [1.54, 1.807) is 25.3 Å². The normalized spacial score (nSPS) is 15.2. The van der Waals surface area contributed by atoms with Crippen LogP contribution in [0.1, 0.15) is 44.0 Å². The predicted octanol–water partition coefficient (Wildman–Crippen LogP) is 2.65. The summed E-state index contributed by atoms with van der Waals surface area (Å²) in [6, 6.07) is 5.22. The number of rotatable bonds is 5. The minimum Gasteiger partial charge on any atom is -0.493 e. The molecule has 0 aliphatic carbocycles. The number of nitrogens with one attached hydrogen (secondary N) is 2. The molecule has 0 aromatic heterocycles. The molecule has 0 radical (unpaired) electrons. The van der Waals surface area contributed by atoms with Crippen LogP contribution >= 0.6 is 0 Å². The van der Waals surface area contributed by atoms with Crippen molar-refractivity contribution >= 4 is 11.9 Å². The molecule has 1 fully saturated rings. The van der Waals surface area contributed by atoms with Crippen molar-refractivity contribution in [1.29, 1.82) is 0 Å². The third-order valence-electron chi connectivity index (χ3n) is 4.58. The van der Waals surface area contributed by atoms with Gasteiger partial charge in [0.05, 0.1) is 19.8 Å². The minimum atomic E-state index is -0.238. The van der Waals surface area contributed by atoms with E-state index >= 15 is 0 Å². The molecule has 2 N–H and O–H groups in total. The van der Waals surface area contributed by atoms with Crippen LogP contribution in [-0.2, 0) is 0 Å². The van der Waals surface area contributed by atoms with Gasteiger partial charge in [-0.15, -0.1) is 0 Å². The fraction of sp³-hybridized carbons (Fsp3) is 0.600. The number of carbonyl (C=O) groups is 2. The molecule has 0 bridgehead atoms. The molecule has 0 saturated carbocycles. The van der Waals surface area contributed by atoms with Gasteiger partial charge in [0.25, 0.3) is 5.91 Å². The molecule has 1 aliphatic heterocycles. The average molecular weight is 377 g/mol. The van der Waals surface area contributed by atoms with Crippen LogP contribution < -0.4 is 20.1 Å². The fourth-order valence-corrected chi connectivity index (χ4v) is 3.14. The van der Waals surface area contributed by atoms with Crippen molar-refractivity contribution < 1.29 is 19.1 Å². The maximum Gasteiger partial charge on any atom is 0.317 e. The number of carbonyl (C=O) groups excluding carboxylic acids is 2. The Hall–Kier alpha value is -2.44. The van der Waals surface area contributed by atoms with Crippen molar-refractivity contribution in [3.63, 3.8) is 0 Å². The summed E-state index contributed by atoms with van der Waals surface area (Å²) in [5, 5.41) is 5.97. The van der Waals surface area contributed by atoms with Gasteiger partial charge in [0.1, 0.15) is 0 Å². The van der Waals surface area contributed by atoms with Gasteiger partial charge < -0.3 is 25.0 Å². The minimum absolute atomic E-state index is 0.0221. The number of para-hydroxylation sites is 1. The second kappa shape index (κ2) is 8.97. The molecular weight excluding hydrogens is 346 g/mol. The van der Waals surface area contributed by atoms with Gasteiger partial charge in [0.2, 0.25) is 0 Å². The number of hydrogen-bond acceptors (Lipinski definition) is 4. The standard InChI is InChI=1S/C20H31N3O4/c1-20(2,3)22-19(25)23-11-9-14(10-12-23)13-21-18(24)15-7-6-8-16(26-4)17(15)27-5/h6-8,14H,9-13H2,1-5H3,(H,21,24)(H,22,25). The van der Waals surface area contributed by atoms with Crippen molar-refractivity contribution in [1.82, 2.24) is 15.5 Å². The number of amides is 3. The fourth-order valence-electron chi connectivity index (χ4n) is 3.14. The van der Waals surface area contributed by atoms with Crippen molar-refractivity contribution in [2.75, 3.05) is 33.9 Å². The maximum absolute atomic E-state index is 12.5. The lowest BCUT2D eigenvalue weighted by Crippen LogP contribution is -2.51. The molecule has 7 heteroatoms. The van der Waals surface area contributed by atoms with E-state index in [0.717, 1.165) is 12.8 Å². The van der Waals surface area contributed by atoms with Crippen LogP contribution in [0, 0.1) is 5.92 Å². The van der Waals surface area contributed by atoms with Crippen molar-refractivity contribution in [3.05, 3.63) is 23.8 Å². The van der Waals surface area contributed by atoms with E-state index in [9.17, 15) is 9.59 Å². The van der Waals surface area contributed by atoms with E-state index in [-0.39, 0.29) is 17.5 Å². The van der Waals surface area contributed by atoms with Gasteiger partial charge in [-0.2, -0.15) is 0 Å². The summed E-state index contributed by atoms with van der Waals surface area (Å²) >= 11 is 0. The molecule has 0 spiro atoms. The summed E-state index contributed by atoms with van der Waals surface area (Å²) in [6.45, 7) is 7.89. The van der Waals surface area contributed by atoms with Gasteiger partial charge in [0.15, 0.2) is 11.5 Å². The van der Waals surface area contributed by atoms with Crippen molar-refractivity contribution in [2.45, 2.75) is 39.2 Å². The Kier molecular flexibility index (Phi) is 6.93. The van der Waals surface area contributed by atoms with Crippen molar-refractivity contribution in [3.8, 4) is 11.5 Å². The van der Waals surface area contributed by atoms with Crippen LogP contribution in [0.25, 0.3) is 0 Å². The number of likely N-dealkylation sites (tertiary alicyclic amines) is 1. The van der Waals surface area contributed by atoms with Gasteiger partial charge in [-0.25, -0.2) is 4.79 Å². The molecular formula is C20H31N3O4. The average Bonchev–Trinajstić information content (AvgIpc) is 2.64. The third kappa shape index (κ3) is 5.77. The number of piperidine rings is 1. The van der Waals surface area contributed by atoms with Crippen LogP contribution in [-0.4, -0.2) is 56.2 Å². The molecule has 0 unspecified atom stereocenters. The summed E-state index contributed by atoms with van der Waals surface area (Å²) in [5.41, 5.74) is 0.219. The van der Waals surface area contributed by atoms with Gasteiger partial charge in [-0.05, 0) is 51.7 Å². The van der Waals surface area contributed by atoms with Crippen LogP contribution in [0.2, 0.25) is 0 Å². The van der Waals surface area contributed by atoms with Crippen LogP contribution in [0.3, 0.4) is 0 Å². The van der Waals surface area contributed by atoms with Gasteiger partial charge in [-0.3, -0.25) is 4.79 Å². The SMILES string of the molecule is COc1cccc(C(=O)NCC2CCN(C(=O)NC(C)(C)C)CC2)c1OC. The van der Waals surface area contributed by atoms with E-state index in [4.69, 9.17) is 9.47 Å². The maximum atomic E-state index is 12.5. The van der Waals surface area contributed by atoms with E-state index in [1.807, 2.05) is 25.7 Å². The van der Waals surface area contributed by atoms with Gasteiger partial charge in [-0.1, -0.05) is 6.07 Å². The van der Waals surface area contributed by atoms with Gasteiger partial charge in [0, 0.05) is 25.2 Å². The highest BCUT2D eigenvalue weighted by molar-refractivity contribution is 5.97. The smallest absolute Gasteiger partial charge is 0.317 e. The number of urea groups is 1. The van der Waals surface area contributed by atoms with E-state index in [0.29, 0.717) is 42.6 Å². The Balaban J connectivity index is 1.85. The summed E-state index contributed by atoms with van der Waals surface area (Å²) in [5.74, 6) is 1.14. The first-order valence-corrected chi connectivity index (χ1v) is 9.31. The summed E-state index contributed by atoms with van der Waals surface area (Å²) in [4.78, 5) is 26.6.